The maximum absolute atomic E-state index is 12.7. The highest BCUT2D eigenvalue weighted by molar-refractivity contribution is 6.04. The van der Waals surface area contributed by atoms with Crippen LogP contribution in [0.25, 0.3) is 11.3 Å². The van der Waals surface area contributed by atoms with Gasteiger partial charge in [0.2, 0.25) is 0 Å². The lowest BCUT2D eigenvalue weighted by molar-refractivity contribution is -0.125. The van der Waals surface area contributed by atoms with Crippen molar-refractivity contribution >= 4 is 17.6 Å². The van der Waals surface area contributed by atoms with E-state index in [1.807, 2.05) is 33.8 Å². The third-order valence-corrected chi connectivity index (χ3v) is 7.84. The zero-order valence-electron chi connectivity index (χ0n) is 20.5. The molecule has 3 fully saturated rings. The summed E-state index contributed by atoms with van der Waals surface area (Å²) in [6, 6.07) is 7.94. The molecule has 1 saturated heterocycles. The predicted molar refractivity (Wildman–Crippen MR) is 133 cm³/mol. The van der Waals surface area contributed by atoms with Gasteiger partial charge in [0.1, 0.15) is 17.1 Å². The fourth-order valence-corrected chi connectivity index (χ4v) is 5.55. The van der Waals surface area contributed by atoms with Crippen molar-refractivity contribution in [2.75, 3.05) is 33.0 Å². The van der Waals surface area contributed by atoms with E-state index in [2.05, 4.69) is 17.2 Å². The fourth-order valence-electron chi connectivity index (χ4n) is 5.55. The van der Waals surface area contributed by atoms with Gasteiger partial charge in [0, 0.05) is 38.7 Å². The maximum atomic E-state index is 12.7. The molecule has 1 aromatic heterocycles. The molecule has 3 aliphatic rings. The zero-order valence-corrected chi connectivity index (χ0v) is 20.5. The lowest BCUT2D eigenvalue weighted by Crippen LogP contribution is -2.42. The average molecular weight is 476 g/mol. The van der Waals surface area contributed by atoms with E-state index < -0.39 is 0 Å². The molecule has 3 N–H and O–H groups in total. The van der Waals surface area contributed by atoms with Gasteiger partial charge < -0.3 is 20.7 Å². The number of anilines is 1. The second kappa shape index (κ2) is 9.38. The van der Waals surface area contributed by atoms with Crippen LogP contribution >= 0.6 is 0 Å². The first-order chi connectivity index (χ1) is 16.9. The molecule has 35 heavy (non-hydrogen) atoms. The number of ether oxygens (including phenoxy) is 1. The summed E-state index contributed by atoms with van der Waals surface area (Å²) >= 11 is 0. The number of benzene rings is 1. The molecule has 0 bridgehead atoms. The molecule has 0 atom stereocenters. The minimum atomic E-state index is -0.249. The van der Waals surface area contributed by atoms with Crippen LogP contribution in [0.4, 0.5) is 5.82 Å². The number of nitrogens with two attached hydrogens (primary N) is 1. The predicted octanol–water partition coefficient (Wildman–Crippen LogP) is 3.00. The Bertz CT molecular complexity index is 1180. The number of methoxy groups -OCH3 is 1. The normalized spacial score (nSPS) is 23.4. The molecule has 1 aliphatic heterocycles. The van der Waals surface area contributed by atoms with Crippen LogP contribution in [-0.4, -0.2) is 53.7 Å². The van der Waals surface area contributed by atoms with Gasteiger partial charge in [-0.25, -0.2) is 4.68 Å². The summed E-state index contributed by atoms with van der Waals surface area (Å²) in [4.78, 5) is 27.2. The van der Waals surface area contributed by atoms with Crippen LogP contribution in [0.5, 0.6) is 0 Å². The van der Waals surface area contributed by atoms with Gasteiger partial charge in [-0.3, -0.25) is 9.59 Å². The first kappa shape index (κ1) is 23.4. The highest BCUT2D eigenvalue weighted by Crippen LogP contribution is 2.54. The molecule has 0 radical (unpaired) electrons. The Kier molecular flexibility index (Phi) is 6.28. The number of rotatable bonds is 5. The van der Waals surface area contributed by atoms with E-state index in [-0.39, 0.29) is 23.3 Å². The number of amides is 2. The Hall–Kier alpha value is -3.31. The van der Waals surface area contributed by atoms with Crippen molar-refractivity contribution in [2.24, 2.45) is 11.3 Å². The van der Waals surface area contributed by atoms with Crippen molar-refractivity contribution in [1.29, 1.82) is 0 Å². The second-order valence-electron chi connectivity index (χ2n) is 10.2. The maximum Gasteiger partial charge on any atom is 0.298 e. The summed E-state index contributed by atoms with van der Waals surface area (Å²) in [5.74, 6) is 6.51. The summed E-state index contributed by atoms with van der Waals surface area (Å²) in [5.41, 5.74) is 9.45. The van der Waals surface area contributed by atoms with E-state index in [1.165, 1.54) is 6.42 Å². The molecular weight excluding hydrogens is 442 g/mol. The van der Waals surface area contributed by atoms with Gasteiger partial charge in [-0.1, -0.05) is 36.6 Å². The topological polar surface area (TPSA) is 102 Å². The van der Waals surface area contributed by atoms with E-state index in [0.717, 1.165) is 56.3 Å². The molecule has 2 aromatic rings. The third-order valence-electron chi connectivity index (χ3n) is 7.84. The average Bonchev–Trinajstić information content (AvgIpc) is 3.39. The van der Waals surface area contributed by atoms with Gasteiger partial charge >= 0.3 is 0 Å². The van der Waals surface area contributed by atoms with Crippen LogP contribution in [0.2, 0.25) is 0 Å². The molecule has 8 nitrogen and oxygen atoms in total. The molecule has 0 unspecified atom stereocenters. The van der Waals surface area contributed by atoms with Gasteiger partial charge in [-0.05, 0) is 49.0 Å². The first-order valence-electron chi connectivity index (χ1n) is 12.4. The molecule has 1 spiro atoms. The van der Waals surface area contributed by atoms with Crippen molar-refractivity contribution in [3.05, 3.63) is 35.4 Å². The third kappa shape index (κ3) is 4.41. The van der Waals surface area contributed by atoms with Crippen LogP contribution in [-0.2, 0) is 16.1 Å². The van der Waals surface area contributed by atoms with Crippen LogP contribution in [0.15, 0.2) is 24.3 Å². The van der Waals surface area contributed by atoms with Gasteiger partial charge in [-0.15, -0.1) is 0 Å². The van der Waals surface area contributed by atoms with Crippen molar-refractivity contribution in [3.8, 4) is 23.1 Å². The number of nitrogens with zero attached hydrogens (tertiary/aromatic N) is 3. The van der Waals surface area contributed by atoms with Crippen LogP contribution in [0, 0.1) is 23.2 Å². The number of aromatic nitrogens is 2. The summed E-state index contributed by atoms with van der Waals surface area (Å²) in [6.07, 6.45) is 6.21. The van der Waals surface area contributed by atoms with Gasteiger partial charge in [0.15, 0.2) is 0 Å². The summed E-state index contributed by atoms with van der Waals surface area (Å²) in [6.45, 7) is 2.01. The number of carbonyl (C=O) groups excluding carboxylic acids is 2. The summed E-state index contributed by atoms with van der Waals surface area (Å²) in [5, 5.41) is 7.51. The van der Waals surface area contributed by atoms with E-state index in [1.54, 1.807) is 14.2 Å². The highest BCUT2D eigenvalue weighted by atomic mass is 16.5. The van der Waals surface area contributed by atoms with Gasteiger partial charge in [0.05, 0.1) is 12.6 Å². The van der Waals surface area contributed by atoms with Crippen molar-refractivity contribution in [1.82, 2.24) is 20.0 Å². The van der Waals surface area contributed by atoms with Crippen LogP contribution in [0.1, 0.15) is 60.5 Å². The number of hydrogen-bond donors (Lipinski definition) is 2. The second-order valence-corrected chi connectivity index (χ2v) is 10.2. The van der Waals surface area contributed by atoms with Crippen molar-refractivity contribution in [2.45, 2.75) is 51.2 Å². The Morgan fingerprint density at radius 2 is 2.00 bits per heavy atom. The molecular formula is C27H33N5O3. The molecule has 184 valence electrons. The van der Waals surface area contributed by atoms with Crippen LogP contribution < -0.4 is 11.1 Å². The number of likely N-dealkylation sites (tertiary alicyclic amines) is 1. The Morgan fingerprint density at radius 1 is 1.26 bits per heavy atom. The monoisotopic (exact) mass is 475 g/mol. The smallest absolute Gasteiger partial charge is 0.298 e. The highest BCUT2D eigenvalue weighted by Gasteiger charge is 2.51. The quantitative estimate of drug-likeness (QED) is 0.648. The molecule has 8 heteroatoms. The SMILES string of the molecule is CNC(=O)c1c(-c2ccc(COC)cc2)nn(C2CC3(CCN(C(=O)C#CC4CCC4)C3)C2)c1N. The number of carbonyl (C=O) groups is 2. The first-order valence-corrected chi connectivity index (χ1v) is 12.4. The molecule has 2 saturated carbocycles. The fraction of sp³-hybridized carbons (Fsp3) is 0.519. The number of nitrogen functional groups attached to an aromatic ring is 1. The lowest BCUT2D eigenvalue weighted by Gasteiger charge is -2.45. The van der Waals surface area contributed by atoms with Crippen molar-refractivity contribution < 1.29 is 14.3 Å². The largest absolute Gasteiger partial charge is 0.383 e. The van der Waals surface area contributed by atoms with E-state index in [4.69, 9.17) is 15.6 Å². The number of nitrogens with one attached hydrogen (secondary N) is 1. The lowest BCUT2D eigenvalue weighted by atomic mass is 9.65. The van der Waals surface area contributed by atoms with Crippen molar-refractivity contribution in [3.63, 3.8) is 0 Å². The number of hydrogen-bond acceptors (Lipinski definition) is 5. The molecule has 5 rings (SSSR count). The molecule has 2 amide bonds. The summed E-state index contributed by atoms with van der Waals surface area (Å²) in [7, 11) is 3.26. The zero-order chi connectivity index (χ0) is 24.6. The van der Waals surface area contributed by atoms with E-state index in [0.29, 0.717) is 29.6 Å². The summed E-state index contributed by atoms with van der Waals surface area (Å²) < 4.78 is 7.01. The molecule has 2 aliphatic carbocycles. The van der Waals surface area contributed by atoms with E-state index >= 15 is 0 Å². The van der Waals surface area contributed by atoms with Crippen LogP contribution in [0.3, 0.4) is 0 Å². The Labute approximate surface area is 206 Å². The van der Waals surface area contributed by atoms with Gasteiger partial charge in [0.25, 0.3) is 11.8 Å². The minimum absolute atomic E-state index is 0.0445. The van der Waals surface area contributed by atoms with E-state index in [9.17, 15) is 9.59 Å². The van der Waals surface area contributed by atoms with Gasteiger partial charge in [-0.2, -0.15) is 5.10 Å². The Morgan fingerprint density at radius 3 is 2.63 bits per heavy atom. The standard InChI is InChI=1S/C27H33N5O3/c1-29-26(34)23-24(20-9-6-19(7-10-20)16-35-2)30-32(25(23)28)21-14-27(15-21)12-13-31(17-27)22(33)11-8-18-4-3-5-18/h6-7,9-10,18,21H,3-5,12-17,28H2,1-2H3,(H,29,34). The minimum Gasteiger partial charge on any atom is -0.383 e. The molecule has 2 heterocycles. The Balaban J connectivity index is 1.31. The molecule has 1 aromatic carbocycles.